The molecule has 1 atom stereocenters. The van der Waals surface area contributed by atoms with Crippen LogP contribution in [0.5, 0.6) is 5.75 Å². The average Bonchev–Trinajstić information content (AvgIpc) is 2.69. The number of ether oxygens (including phenoxy) is 2. The Balaban J connectivity index is 2.03. The summed E-state index contributed by atoms with van der Waals surface area (Å²) in [6, 6.07) is 7.63. The normalized spacial score (nSPS) is 12.5. The van der Waals surface area contributed by atoms with E-state index >= 15 is 0 Å². The number of carbonyl (C=O) groups is 1. The maximum Gasteiger partial charge on any atom is 0.305 e. The highest BCUT2D eigenvalue weighted by atomic mass is 32.2. The third-order valence-corrected chi connectivity index (χ3v) is 6.04. The number of esters is 1. The van der Waals surface area contributed by atoms with Crippen LogP contribution in [-0.4, -0.2) is 51.1 Å². The van der Waals surface area contributed by atoms with Crippen LogP contribution in [0.4, 0.5) is 0 Å². The smallest absolute Gasteiger partial charge is 0.305 e. The maximum absolute atomic E-state index is 12.0. The fourth-order valence-electron chi connectivity index (χ4n) is 2.93. The Morgan fingerprint density at radius 1 is 1.13 bits per heavy atom. The number of unbranched alkanes of at least 4 members (excludes halogenated alkanes) is 4. The lowest BCUT2D eigenvalue weighted by atomic mass is 10.1. The fourth-order valence-corrected chi connectivity index (χ4v) is 4.12. The van der Waals surface area contributed by atoms with Crippen molar-refractivity contribution in [1.82, 2.24) is 4.72 Å². The summed E-state index contributed by atoms with van der Waals surface area (Å²) < 4.78 is 37.0. The number of aliphatic hydroxyl groups excluding tert-OH is 1. The Morgan fingerprint density at radius 3 is 2.63 bits per heavy atom. The number of hydrogen-bond donors (Lipinski definition) is 2. The highest BCUT2D eigenvalue weighted by Gasteiger charge is 2.11. The van der Waals surface area contributed by atoms with Gasteiger partial charge in [0, 0.05) is 13.0 Å². The Kier molecular flexibility index (Phi) is 13.4. The standard InChI is InChI=1S/C22H37NO6S/c1-3-28-22(25)14-6-4-5-8-15-23-30(26,27)16-9-7-12-20(24)18-29-21-13-10-11-19(2)17-21/h10-11,13,17,20,23-24H,3-9,12,14-16,18H2,1-2H3. The molecule has 1 aromatic rings. The largest absolute Gasteiger partial charge is 0.491 e. The zero-order valence-electron chi connectivity index (χ0n) is 18.3. The summed E-state index contributed by atoms with van der Waals surface area (Å²) >= 11 is 0. The lowest BCUT2D eigenvalue weighted by molar-refractivity contribution is -0.143. The van der Waals surface area contributed by atoms with E-state index in [1.54, 1.807) is 6.92 Å². The van der Waals surface area contributed by atoms with Crippen molar-refractivity contribution in [2.24, 2.45) is 0 Å². The van der Waals surface area contributed by atoms with Gasteiger partial charge in [-0.1, -0.05) is 25.0 Å². The van der Waals surface area contributed by atoms with E-state index in [9.17, 15) is 18.3 Å². The minimum atomic E-state index is -3.29. The molecule has 0 aliphatic heterocycles. The fraction of sp³-hybridized carbons (Fsp3) is 0.682. The van der Waals surface area contributed by atoms with Crippen LogP contribution in [-0.2, 0) is 19.6 Å². The number of carbonyl (C=O) groups excluding carboxylic acids is 1. The van der Waals surface area contributed by atoms with Gasteiger partial charge in [0.2, 0.25) is 10.0 Å². The van der Waals surface area contributed by atoms with E-state index < -0.39 is 16.1 Å². The van der Waals surface area contributed by atoms with E-state index in [2.05, 4.69) is 4.72 Å². The molecule has 0 heterocycles. The van der Waals surface area contributed by atoms with E-state index in [-0.39, 0.29) is 18.3 Å². The third-order valence-electron chi connectivity index (χ3n) is 4.57. The third kappa shape index (κ3) is 13.6. The number of hydrogen-bond acceptors (Lipinski definition) is 6. The van der Waals surface area contributed by atoms with Crippen molar-refractivity contribution in [3.05, 3.63) is 29.8 Å². The van der Waals surface area contributed by atoms with E-state index in [0.717, 1.165) is 37.0 Å². The molecular formula is C22H37NO6S. The summed E-state index contributed by atoms with van der Waals surface area (Å²) in [5, 5.41) is 10.00. The van der Waals surface area contributed by atoms with Gasteiger partial charge in [0.05, 0.1) is 18.5 Å². The second-order valence-corrected chi connectivity index (χ2v) is 9.39. The lowest BCUT2D eigenvalue weighted by Crippen LogP contribution is -2.27. The summed E-state index contributed by atoms with van der Waals surface area (Å²) in [6.45, 7) is 4.78. The Hall–Kier alpha value is -1.64. The molecular weight excluding hydrogens is 406 g/mol. The van der Waals surface area contributed by atoms with Crippen LogP contribution in [0, 0.1) is 6.92 Å². The molecule has 8 heteroatoms. The minimum absolute atomic E-state index is 0.0569. The molecule has 1 unspecified atom stereocenters. The summed E-state index contributed by atoms with van der Waals surface area (Å²) in [5.74, 6) is 0.605. The number of rotatable bonds is 17. The molecule has 2 N–H and O–H groups in total. The van der Waals surface area contributed by atoms with Crippen molar-refractivity contribution < 1.29 is 27.8 Å². The minimum Gasteiger partial charge on any atom is -0.491 e. The average molecular weight is 444 g/mol. The molecule has 172 valence electrons. The van der Waals surface area contributed by atoms with Gasteiger partial charge in [0.1, 0.15) is 12.4 Å². The molecule has 0 aliphatic carbocycles. The zero-order valence-corrected chi connectivity index (χ0v) is 19.1. The monoisotopic (exact) mass is 443 g/mol. The highest BCUT2D eigenvalue weighted by Crippen LogP contribution is 2.13. The van der Waals surface area contributed by atoms with Crippen molar-refractivity contribution in [3.63, 3.8) is 0 Å². The van der Waals surface area contributed by atoms with Crippen LogP contribution >= 0.6 is 0 Å². The SMILES string of the molecule is CCOC(=O)CCCCCCNS(=O)(=O)CCCCC(O)COc1cccc(C)c1. The van der Waals surface area contributed by atoms with Gasteiger partial charge in [-0.25, -0.2) is 13.1 Å². The quantitative estimate of drug-likeness (QED) is 0.283. The zero-order chi connectivity index (χ0) is 22.2. The maximum atomic E-state index is 12.0. The molecule has 0 spiro atoms. The first-order valence-corrected chi connectivity index (χ1v) is 12.5. The van der Waals surface area contributed by atoms with Gasteiger partial charge in [0.25, 0.3) is 0 Å². The van der Waals surface area contributed by atoms with Crippen molar-refractivity contribution in [3.8, 4) is 5.75 Å². The van der Waals surface area contributed by atoms with Gasteiger partial charge < -0.3 is 14.6 Å². The van der Waals surface area contributed by atoms with Crippen LogP contribution < -0.4 is 9.46 Å². The number of nitrogens with one attached hydrogen (secondary N) is 1. The molecule has 0 radical (unpaired) electrons. The molecule has 1 aromatic carbocycles. The molecule has 7 nitrogen and oxygen atoms in total. The lowest BCUT2D eigenvalue weighted by Gasteiger charge is -2.13. The second kappa shape index (κ2) is 15.2. The number of aryl methyl sites for hydroxylation is 1. The van der Waals surface area contributed by atoms with Crippen molar-refractivity contribution in [2.75, 3.05) is 25.5 Å². The van der Waals surface area contributed by atoms with Crippen LogP contribution in [0.15, 0.2) is 24.3 Å². The van der Waals surface area contributed by atoms with Gasteiger partial charge in [-0.05, 0) is 63.6 Å². The molecule has 0 aromatic heterocycles. The topological polar surface area (TPSA) is 102 Å². The second-order valence-electron chi connectivity index (χ2n) is 7.46. The van der Waals surface area contributed by atoms with Crippen LogP contribution in [0.2, 0.25) is 0 Å². The van der Waals surface area contributed by atoms with Crippen molar-refractivity contribution in [2.45, 2.75) is 71.3 Å². The van der Waals surface area contributed by atoms with Crippen molar-refractivity contribution in [1.29, 1.82) is 0 Å². The summed E-state index contributed by atoms with van der Waals surface area (Å²) in [5.41, 5.74) is 1.09. The van der Waals surface area contributed by atoms with E-state index in [4.69, 9.17) is 9.47 Å². The van der Waals surface area contributed by atoms with Crippen LogP contribution in [0.1, 0.15) is 63.9 Å². The van der Waals surface area contributed by atoms with Crippen LogP contribution in [0.25, 0.3) is 0 Å². The molecule has 1 rings (SSSR count). The van der Waals surface area contributed by atoms with Gasteiger partial charge in [-0.3, -0.25) is 4.79 Å². The molecule has 0 saturated carbocycles. The molecule has 0 saturated heterocycles. The van der Waals surface area contributed by atoms with Gasteiger partial charge >= 0.3 is 5.97 Å². The van der Waals surface area contributed by atoms with E-state index in [1.165, 1.54) is 0 Å². The summed E-state index contributed by atoms with van der Waals surface area (Å²) in [6.07, 6.45) is 4.68. The highest BCUT2D eigenvalue weighted by molar-refractivity contribution is 7.89. The van der Waals surface area contributed by atoms with Gasteiger partial charge in [-0.15, -0.1) is 0 Å². The predicted molar refractivity (Wildman–Crippen MR) is 118 cm³/mol. The van der Waals surface area contributed by atoms with Gasteiger partial charge in [-0.2, -0.15) is 0 Å². The Bertz CT molecular complexity index is 707. The van der Waals surface area contributed by atoms with E-state index in [0.29, 0.717) is 38.8 Å². The number of benzene rings is 1. The first-order valence-electron chi connectivity index (χ1n) is 10.8. The van der Waals surface area contributed by atoms with E-state index in [1.807, 2.05) is 31.2 Å². The molecule has 0 fully saturated rings. The number of sulfonamides is 1. The predicted octanol–water partition coefficient (Wildman–Crippen LogP) is 3.34. The summed E-state index contributed by atoms with van der Waals surface area (Å²) in [7, 11) is -3.29. The summed E-state index contributed by atoms with van der Waals surface area (Å²) in [4.78, 5) is 11.2. The number of aliphatic hydroxyl groups is 1. The first kappa shape index (κ1) is 26.4. The van der Waals surface area contributed by atoms with Gasteiger partial charge in [0.15, 0.2) is 0 Å². The molecule has 30 heavy (non-hydrogen) atoms. The molecule has 0 aliphatic rings. The molecule has 0 bridgehead atoms. The van der Waals surface area contributed by atoms with Crippen molar-refractivity contribution >= 4 is 16.0 Å². The Labute approximate surface area is 181 Å². The first-order chi connectivity index (χ1) is 14.3. The Morgan fingerprint density at radius 2 is 1.90 bits per heavy atom. The molecule has 0 amide bonds. The van der Waals surface area contributed by atoms with Crippen LogP contribution in [0.3, 0.4) is 0 Å².